The first-order valence-corrected chi connectivity index (χ1v) is 6.42. The van der Waals surface area contributed by atoms with Gasteiger partial charge in [-0.1, -0.05) is 15.9 Å². The summed E-state index contributed by atoms with van der Waals surface area (Å²) in [5, 5.41) is 11.7. The van der Waals surface area contributed by atoms with Crippen molar-refractivity contribution in [3.05, 3.63) is 28.2 Å². The largest absolute Gasteiger partial charge is 0.478 e. The van der Waals surface area contributed by atoms with E-state index in [1.165, 1.54) is 13.2 Å². The average molecular weight is 330 g/mol. The normalized spacial score (nSPS) is 11.2. The van der Waals surface area contributed by atoms with Gasteiger partial charge in [0.15, 0.2) is 0 Å². The summed E-state index contributed by atoms with van der Waals surface area (Å²) in [7, 11) is 1.52. The standard InChI is InChI=1S/C13H16BrNO4/c1-13(2,19-3)7-11(16)15-10-5-4-8(14)6-9(10)12(17)18/h4-6H,7H2,1-3H3,(H,15,16)(H,17,18). The van der Waals surface area contributed by atoms with Crippen LogP contribution in [0.25, 0.3) is 0 Å². The van der Waals surface area contributed by atoms with Crippen molar-refractivity contribution in [3.63, 3.8) is 0 Å². The van der Waals surface area contributed by atoms with Gasteiger partial charge in [0.05, 0.1) is 23.3 Å². The van der Waals surface area contributed by atoms with Gasteiger partial charge in [-0.15, -0.1) is 0 Å². The van der Waals surface area contributed by atoms with Gasteiger partial charge in [0, 0.05) is 11.6 Å². The van der Waals surface area contributed by atoms with E-state index in [-0.39, 0.29) is 23.6 Å². The number of carbonyl (C=O) groups is 2. The molecule has 1 amide bonds. The number of carboxylic acid groups (broad SMARTS) is 1. The van der Waals surface area contributed by atoms with E-state index in [1.807, 2.05) is 0 Å². The maximum absolute atomic E-state index is 11.9. The fourth-order valence-corrected chi connectivity index (χ4v) is 1.82. The molecule has 0 saturated carbocycles. The Kier molecular flexibility index (Phi) is 5.08. The summed E-state index contributed by atoms with van der Waals surface area (Å²) >= 11 is 3.19. The zero-order valence-electron chi connectivity index (χ0n) is 11.0. The highest BCUT2D eigenvalue weighted by Gasteiger charge is 2.22. The summed E-state index contributed by atoms with van der Waals surface area (Å²) < 4.78 is 5.80. The molecule has 0 saturated heterocycles. The minimum atomic E-state index is -1.09. The summed E-state index contributed by atoms with van der Waals surface area (Å²) in [6.07, 6.45) is 0.138. The lowest BCUT2D eigenvalue weighted by molar-refractivity contribution is -0.121. The smallest absolute Gasteiger partial charge is 0.337 e. The van der Waals surface area contributed by atoms with Gasteiger partial charge in [0.25, 0.3) is 0 Å². The number of carbonyl (C=O) groups excluding carboxylic acids is 1. The van der Waals surface area contributed by atoms with Crippen molar-refractivity contribution >= 4 is 33.5 Å². The Balaban J connectivity index is 2.88. The van der Waals surface area contributed by atoms with Crippen LogP contribution < -0.4 is 5.32 Å². The lowest BCUT2D eigenvalue weighted by atomic mass is 10.0. The van der Waals surface area contributed by atoms with Crippen molar-refractivity contribution in [2.45, 2.75) is 25.9 Å². The third-order valence-electron chi connectivity index (χ3n) is 2.62. The quantitative estimate of drug-likeness (QED) is 0.870. The molecule has 104 valence electrons. The van der Waals surface area contributed by atoms with Crippen molar-refractivity contribution in [2.24, 2.45) is 0 Å². The number of halogens is 1. The topological polar surface area (TPSA) is 75.6 Å². The van der Waals surface area contributed by atoms with Crippen molar-refractivity contribution in [3.8, 4) is 0 Å². The molecule has 19 heavy (non-hydrogen) atoms. The van der Waals surface area contributed by atoms with Crippen LogP contribution in [-0.4, -0.2) is 29.7 Å². The van der Waals surface area contributed by atoms with Crippen molar-refractivity contribution in [2.75, 3.05) is 12.4 Å². The molecule has 0 heterocycles. The fraction of sp³-hybridized carbons (Fsp3) is 0.385. The molecule has 0 aliphatic carbocycles. The number of anilines is 1. The highest BCUT2D eigenvalue weighted by atomic mass is 79.9. The Morgan fingerprint density at radius 1 is 1.42 bits per heavy atom. The van der Waals surface area contributed by atoms with E-state index >= 15 is 0 Å². The molecule has 0 atom stereocenters. The molecule has 0 aromatic heterocycles. The third kappa shape index (κ3) is 4.65. The molecule has 1 rings (SSSR count). The number of aromatic carboxylic acids is 1. The monoisotopic (exact) mass is 329 g/mol. The Morgan fingerprint density at radius 3 is 2.58 bits per heavy atom. The van der Waals surface area contributed by atoms with Crippen LogP contribution in [0.15, 0.2) is 22.7 Å². The average Bonchev–Trinajstić information content (AvgIpc) is 2.30. The molecule has 1 aromatic rings. The highest BCUT2D eigenvalue weighted by Crippen LogP contribution is 2.22. The summed E-state index contributed by atoms with van der Waals surface area (Å²) in [6.45, 7) is 3.57. The predicted molar refractivity (Wildman–Crippen MR) is 75.4 cm³/mol. The fourth-order valence-electron chi connectivity index (χ4n) is 1.46. The molecular weight excluding hydrogens is 314 g/mol. The predicted octanol–water partition coefficient (Wildman–Crippen LogP) is 2.90. The molecule has 5 nitrogen and oxygen atoms in total. The second-order valence-electron chi connectivity index (χ2n) is 4.68. The number of carboxylic acids is 1. The van der Waals surface area contributed by atoms with Crippen molar-refractivity contribution in [1.82, 2.24) is 0 Å². The van der Waals surface area contributed by atoms with E-state index in [1.54, 1.807) is 26.0 Å². The van der Waals surface area contributed by atoms with Crippen LogP contribution in [-0.2, 0) is 9.53 Å². The van der Waals surface area contributed by atoms with Crippen molar-refractivity contribution < 1.29 is 19.4 Å². The van der Waals surface area contributed by atoms with Gasteiger partial charge in [0.2, 0.25) is 5.91 Å². The van der Waals surface area contributed by atoms with Crippen molar-refractivity contribution in [1.29, 1.82) is 0 Å². The van der Waals surface area contributed by atoms with E-state index in [2.05, 4.69) is 21.2 Å². The Morgan fingerprint density at radius 2 is 2.05 bits per heavy atom. The second-order valence-corrected chi connectivity index (χ2v) is 5.60. The lowest BCUT2D eigenvalue weighted by Gasteiger charge is -2.22. The first kappa shape index (κ1) is 15.7. The van der Waals surface area contributed by atoms with Gasteiger partial charge >= 0.3 is 5.97 Å². The van der Waals surface area contributed by atoms with Gasteiger partial charge in [-0.25, -0.2) is 4.79 Å². The molecule has 0 aliphatic heterocycles. The molecule has 0 unspecified atom stereocenters. The van der Waals surface area contributed by atoms with Crippen LogP contribution in [0.1, 0.15) is 30.6 Å². The van der Waals surface area contributed by atoms with Crippen LogP contribution in [0.4, 0.5) is 5.69 Å². The van der Waals surface area contributed by atoms with E-state index in [9.17, 15) is 9.59 Å². The van der Waals surface area contributed by atoms with E-state index in [0.717, 1.165) is 0 Å². The minimum absolute atomic E-state index is 0.0398. The molecule has 0 radical (unpaired) electrons. The molecule has 0 spiro atoms. The van der Waals surface area contributed by atoms with Crippen LogP contribution in [0.2, 0.25) is 0 Å². The first-order valence-electron chi connectivity index (χ1n) is 5.63. The lowest BCUT2D eigenvalue weighted by Crippen LogP contribution is -2.29. The second kappa shape index (κ2) is 6.16. The number of hydrogen-bond acceptors (Lipinski definition) is 3. The maximum Gasteiger partial charge on any atom is 0.337 e. The number of methoxy groups -OCH3 is 1. The zero-order chi connectivity index (χ0) is 14.6. The molecule has 0 aliphatic rings. The summed E-state index contributed by atoms with van der Waals surface area (Å²) in [4.78, 5) is 23.0. The van der Waals surface area contributed by atoms with Gasteiger partial charge in [-0.2, -0.15) is 0 Å². The van der Waals surface area contributed by atoms with Crippen LogP contribution >= 0.6 is 15.9 Å². The van der Waals surface area contributed by atoms with Gasteiger partial charge < -0.3 is 15.2 Å². The summed E-state index contributed by atoms with van der Waals surface area (Å²) in [5.74, 6) is -1.39. The van der Waals surface area contributed by atoms with E-state index < -0.39 is 11.6 Å². The van der Waals surface area contributed by atoms with Crippen LogP contribution in [0, 0.1) is 0 Å². The van der Waals surface area contributed by atoms with Crippen LogP contribution in [0.3, 0.4) is 0 Å². The Hall–Kier alpha value is -1.40. The number of ether oxygens (including phenoxy) is 1. The number of hydrogen-bond donors (Lipinski definition) is 2. The Labute approximate surface area is 120 Å². The van der Waals surface area contributed by atoms with Crippen LogP contribution in [0.5, 0.6) is 0 Å². The Bertz CT molecular complexity index is 499. The van der Waals surface area contributed by atoms with E-state index in [0.29, 0.717) is 4.47 Å². The third-order valence-corrected chi connectivity index (χ3v) is 3.12. The molecule has 1 aromatic carbocycles. The molecule has 2 N–H and O–H groups in total. The molecule has 0 bridgehead atoms. The minimum Gasteiger partial charge on any atom is -0.478 e. The highest BCUT2D eigenvalue weighted by molar-refractivity contribution is 9.10. The van der Waals surface area contributed by atoms with E-state index in [4.69, 9.17) is 9.84 Å². The zero-order valence-corrected chi connectivity index (χ0v) is 12.6. The van der Waals surface area contributed by atoms with Gasteiger partial charge in [-0.05, 0) is 32.0 Å². The number of benzene rings is 1. The number of rotatable bonds is 5. The summed E-state index contributed by atoms with van der Waals surface area (Å²) in [6, 6.07) is 4.66. The first-order chi connectivity index (χ1) is 8.75. The summed E-state index contributed by atoms with van der Waals surface area (Å²) in [5.41, 5.74) is -0.284. The SMILES string of the molecule is COC(C)(C)CC(=O)Nc1ccc(Br)cc1C(=O)O. The van der Waals surface area contributed by atoms with Gasteiger partial charge in [-0.3, -0.25) is 4.79 Å². The molecule has 6 heteroatoms. The molecule has 0 fully saturated rings. The van der Waals surface area contributed by atoms with Gasteiger partial charge in [0.1, 0.15) is 0 Å². The number of amides is 1. The number of nitrogens with one attached hydrogen (secondary N) is 1. The molecular formula is C13H16BrNO4. The maximum atomic E-state index is 11.9.